The fourth-order valence-electron chi connectivity index (χ4n) is 2.02. The average molecular weight is 283 g/mol. The maximum Gasteiger partial charge on any atom is 0.328 e. The molecule has 0 atom stereocenters. The van der Waals surface area contributed by atoms with Crippen LogP contribution in [0.15, 0.2) is 17.0 Å². The molecule has 0 bridgehead atoms. The molecule has 0 heterocycles. The molecule has 7 heteroatoms. The molecule has 0 spiro atoms. The summed E-state index contributed by atoms with van der Waals surface area (Å²) in [5.41, 5.74) is 7.18. The number of amides is 2. The Balaban J connectivity index is 2.26. The number of nitrogens with one attached hydrogen (secondary N) is 2. The number of aryl methyl sites for hydroxylation is 2. The summed E-state index contributed by atoms with van der Waals surface area (Å²) in [6, 6.07) is 2.56. The van der Waals surface area contributed by atoms with E-state index in [-0.39, 0.29) is 10.9 Å². The summed E-state index contributed by atoms with van der Waals surface area (Å²) in [6.45, 7) is 3.30. The Kier molecular flexibility index (Phi) is 3.40. The van der Waals surface area contributed by atoms with Gasteiger partial charge in [0.05, 0.1) is 4.90 Å². The number of anilines is 1. The second kappa shape index (κ2) is 4.73. The molecule has 2 amide bonds. The second-order valence-electron chi connectivity index (χ2n) is 4.84. The van der Waals surface area contributed by atoms with Crippen LogP contribution in [0.3, 0.4) is 0 Å². The van der Waals surface area contributed by atoms with Gasteiger partial charge in [-0.25, -0.2) is 17.9 Å². The van der Waals surface area contributed by atoms with E-state index in [4.69, 9.17) is 5.73 Å². The van der Waals surface area contributed by atoms with Gasteiger partial charge in [-0.2, -0.15) is 0 Å². The van der Waals surface area contributed by atoms with Crippen LogP contribution in [-0.2, 0) is 10.0 Å². The smallest absolute Gasteiger partial charge is 0.328 e. The fourth-order valence-corrected chi connectivity index (χ4v) is 3.39. The van der Waals surface area contributed by atoms with Crippen LogP contribution in [0.2, 0.25) is 0 Å². The number of sulfonamides is 1. The molecule has 104 valence electrons. The first-order chi connectivity index (χ1) is 8.79. The lowest BCUT2D eigenvalue weighted by molar-refractivity contribution is 0.245. The van der Waals surface area contributed by atoms with Gasteiger partial charge in [-0.3, -0.25) is 0 Å². The Hall–Kier alpha value is -1.76. The van der Waals surface area contributed by atoms with Crippen molar-refractivity contribution in [1.82, 2.24) is 10.0 Å². The van der Waals surface area contributed by atoms with Gasteiger partial charge in [0.25, 0.3) is 10.0 Å². The third-order valence-corrected chi connectivity index (χ3v) is 4.53. The third kappa shape index (κ3) is 3.17. The van der Waals surface area contributed by atoms with Crippen molar-refractivity contribution in [2.45, 2.75) is 37.6 Å². The van der Waals surface area contributed by atoms with Crippen LogP contribution in [0.4, 0.5) is 10.5 Å². The molecule has 19 heavy (non-hydrogen) atoms. The minimum Gasteiger partial charge on any atom is -0.399 e. The summed E-state index contributed by atoms with van der Waals surface area (Å²) >= 11 is 0. The Morgan fingerprint density at radius 3 is 2.26 bits per heavy atom. The molecule has 1 aromatic rings. The number of benzene rings is 1. The highest BCUT2D eigenvalue weighted by molar-refractivity contribution is 7.90. The molecular formula is C12H17N3O3S. The summed E-state index contributed by atoms with van der Waals surface area (Å²) in [7, 11) is -3.87. The van der Waals surface area contributed by atoms with Crippen LogP contribution >= 0.6 is 0 Å². The quantitative estimate of drug-likeness (QED) is 0.721. The monoisotopic (exact) mass is 283 g/mol. The maximum atomic E-state index is 12.2. The molecule has 4 N–H and O–H groups in total. The van der Waals surface area contributed by atoms with E-state index in [0.29, 0.717) is 16.8 Å². The average Bonchev–Trinajstić information content (AvgIpc) is 2.97. The van der Waals surface area contributed by atoms with Crippen LogP contribution in [0, 0.1) is 13.8 Å². The van der Waals surface area contributed by atoms with E-state index in [1.807, 2.05) is 4.72 Å². The molecule has 0 radical (unpaired) electrons. The Morgan fingerprint density at radius 2 is 1.79 bits per heavy atom. The molecule has 2 rings (SSSR count). The number of carbonyl (C=O) groups is 1. The summed E-state index contributed by atoms with van der Waals surface area (Å²) in [6.07, 6.45) is 1.79. The van der Waals surface area contributed by atoms with Gasteiger partial charge in [-0.1, -0.05) is 0 Å². The normalized spacial score (nSPS) is 15.1. The molecule has 6 nitrogen and oxygen atoms in total. The summed E-state index contributed by atoms with van der Waals surface area (Å²) in [5, 5.41) is 2.58. The van der Waals surface area contributed by atoms with Crippen molar-refractivity contribution in [3.05, 3.63) is 23.3 Å². The van der Waals surface area contributed by atoms with Gasteiger partial charge in [0.1, 0.15) is 0 Å². The molecule has 0 saturated heterocycles. The zero-order valence-electron chi connectivity index (χ0n) is 10.9. The first-order valence-corrected chi connectivity index (χ1v) is 7.48. The third-order valence-electron chi connectivity index (χ3n) is 2.89. The van der Waals surface area contributed by atoms with Crippen molar-refractivity contribution in [3.8, 4) is 0 Å². The highest BCUT2D eigenvalue weighted by Gasteiger charge is 2.27. The number of urea groups is 1. The van der Waals surface area contributed by atoms with Gasteiger partial charge < -0.3 is 11.1 Å². The predicted molar refractivity (Wildman–Crippen MR) is 72.2 cm³/mol. The molecule has 0 unspecified atom stereocenters. The van der Waals surface area contributed by atoms with Crippen LogP contribution < -0.4 is 15.8 Å². The van der Waals surface area contributed by atoms with Crippen molar-refractivity contribution in [2.24, 2.45) is 0 Å². The molecule has 1 aromatic carbocycles. The minimum atomic E-state index is -3.87. The number of rotatable bonds is 3. The second-order valence-corrected chi connectivity index (χ2v) is 6.46. The highest BCUT2D eigenvalue weighted by atomic mass is 32.2. The first kappa shape index (κ1) is 13.7. The Morgan fingerprint density at radius 1 is 1.26 bits per heavy atom. The lowest BCUT2D eigenvalue weighted by atomic mass is 10.1. The molecular weight excluding hydrogens is 266 g/mol. The van der Waals surface area contributed by atoms with E-state index in [1.165, 1.54) is 0 Å². The zero-order chi connectivity index (χ0) is 14.2. The van der Waals surface area contributed by atoms with Crippen LogP contribution in [0.25, 0.3) is 0 Å². The minimum absolute atomic E-state index is 0.101. The van der Waals surface area contributed by atoms with Crippen molar-refractivity contribution in [2.75, 3.05) is 5.73 Å². The largest absolute Gasteiger partial charge is 0.399 e. The molecule has 1 aliphatic carbocycles. The van der Waals surface area contributed by atoms with Crippen molar-refractivity contribution < 1.29 is 13.2 Å². The van der Waals surface area contributed by atoms with Crippen LogP contribution in [0.5, 0.6) is 0 Å². The summed E-state index contributed by atoms with van der Waals surface area (Å²) in [5.74, 6) is 0. The van der Waals surface area contributed by atoms with E-state index in [0.717, 1.165) is 12.8 Å². The summed E-state index contributed by atoms with van der Waals surface area (Å²) in [4.78, 5) is 11.7. The molecule has 1 fully saturated rings. The van der Waals surface area contributed by atoms with Gasteiger partial charge in [0.2, 0.25) is 0 Å². The van der Waals surface area contributed by atoms with E-state index in [9.17, 15) is 13.2 Å². The fraction of sp³-hybridized carbons (Fsp3) is 0.417. The molecule has 0 aliphatic heterocycles. The van der Waals surface area contributed by atoms with E-state index in [1.54, 1.807) is 26.0 Å². The van der Waals surface area contributed by atoms with Crippen molar-refractivity contribution >= 4 is 21.7 Å². The van der Waals surface area contributed by atoms with E-state index < -0.39 is 16.1 Å². The molecule has 1 aliphatic rings. The van der Waals surface area contributed by atoms with Gasteiger partial charge in [-0.05, 0) is 49.9 Å². The number of hydrogen-bond acceptors (Lipinski definition) is 4. The SMILES string of the molecule is Cc1cc(N)cc(C)c1S(=O)(=O)NC(=O)NC1CC1. The van der Waals surface area contributed by atoms with Crippen molar-refractivity contribution in [3.63, 3.8) is 0 Å². The Bertz CT molecular complexity index is 598. The van der Waals surface area contributed by atoms with E-state index >= 15 is 0 Å². The zero-order valence-corrected chi connectivity index (χ0v) is 11.7. The Labute approximate surface area is 112 Å². The lowest BCUT2D eigenvalue weighted by Crippen LogP contribution is -2.40. The topological polar surface area (TPSA) is 101 Å². The predicted octanol–water partition coefficient (Wildman–Crippen LogP) is 1.04. The van der Waals surface area contributed by atoms with E-state index in [2.05, 4.69) is 5.32 Å². The number of nitrogens with two attached hydrogens (primary N) is 1. The standard InChI is InChI=1S/C12H17N3O3S/c1-7-5-9(13)6-8(2)11(7)19(17,18)15-12(16)14-10-3-4-10/h5-6,10H,3-4,13H2,1-2H3,(H2,14,15,16). The van der Waals surface area contributed by atoms with Crippen LogP contribution in [0.1, 0.15) is 24.0 Å². The number of carbonyl (C=O) groups excluding carboxylic acids is 1. The first-order valence-electron chi connectivity index (χ1n) is 5.99. The van der Waals surface area contributed by atoms with Crippen LogP contribution in [-0.4, -0.2) is 20.5 Å². The van der Waals surface area contributed by atoms with Crippen molar-refractivity contribution in [1.29, 1.82) is 0 Å². The lowest BCUT2D eigenvalue weighted by Gasteiger charge is -2.13. The number of nitrogen functional groups attached to an aromatic ring is 1. The maximum absolute atomic E-state index is 12.2. The van der Waals surface area contributed by atoms with Gasteiger partial charge >= 0.3 is 6.03 Å². The molecule has 0 aromatic heterocycles. The molecule has 1 saturated carbocycles. The van der Waals surface area contributed by atoms with Gasteiger partial charge in [-0.15, -0.1) is 0 Å². The van der Waals surface area contributed by atoms with Gasteiger partial charge in [0.15, 0.2) is 0 Å². The summed E-state index contributed by atoms with van der Waals surface area (Å²) < 4.78 is 26.4. The number of hydrogen-bond donors (Lipinski definition) is 3. The van der Waals surface area contributed by atoms with Gasteiger partial charge in [0, 0.05) is 11.7 Å². The highest BCUT2D eigenvalue weighted by Crippen LogP contribution is 2.23.